The Bertz CT molecular complexity index is 501. The van der Waals surface area contributed by atoms with Gasteiger partial charge in [0.05, 0.1) is 6.42 Å². The van der Waals surface area contributed by atoms with Crippen molar-refractivity contribution in [1.29, 1.82) is 0 Å². The number of hydrogen-bond acceptors (Lipinski definition) is 3. The molecule has 1 aromatic carbocycles. The van der Waals surface area contributed by atoms with Crippen LogP contribution in [0.3, 0.4) is 0 Å². The molecule has 1 fully saturated rings. The highest BCUT2D eigenvalue weighted by atomic mass is 16.4. The second-order valence-electron chi connectivity index (χ2n) is 5.01. The van der Waals surface area contributed by atoms with Gasteiger partial charge in [0.1, 0.15) is 6.04 Å². The number of hydrogen-bond donors (Lipinski definition) is 2. The summed E-state index contributed by atoms with van der Waals surface area (Å²) in [6.07, 6.45) is -0.188. The molecule has 2 atom stereocenters. The fourth-order valence-corrected chi connectivity index (χ4v) is 2.41. The highest BCUT2D eigenvalue weighted by Gasteiger charge is 2.34. The van der Waals surface area contributed by atoms with Crippen LogP contribution >= 0.6 is 0 Å². The van der Waals surface area contributed by atoms with Crippen molar-refractivity contribution >= 4 is 17.6 Å². The maximum absolute atomic E-state index is 12.0. The summed E-state index contributed by atoms with van der Waals surface area (Å²) >= 11 is 0. The number of aryl methyl sites for hydroxylation is 1. The molecule has 0 bridgehead atoms. The third-order valence-electron chi connectivity index (χ3n) is 3.24. The predicted molar refractivity (Wildman–Crippen MR) is 72.2 cm³/mol. The average molecular weight is 262 g/mol. The molecule has 1 saturated heterocycles. The summed E-state index contributed by atoms with van der Waals surface area (Å²) in [5, 5.41) is 11.8. The summed E-state index contributed by atoms with van der Waals surface area (Å²) in [7, 11) is 0. The van der Waals surface area contributed by atoms with Gasteiger partial charge in [-0.1, -0.05) is 12.1 Å². The summed E-state index contributed by atoms with van der Waals surface area (Å²) in [5.74, 6) is -1.19. The van der Waals surface area contributed by atoms with Crippen LogP contribution in [0.25, 0.3) is 0 Å². The standard InChI is InChI=1S/C14H18N2O3/c1-9-4-3-5-11(6-9)16-8-10(2)15-14(19)12(16)7-13(17)18/h3-6,10,12H,7-8H2,1-2H3,(H,15,19)(H,17,18). The second kappa shape index (κ2) is 5.30. The summed E-state index contributed by atoms with van der Waals surface area (Å²) in [4.78, 5) is 24.8. The average Bonchev–Trinajstić information content (AvgIpc) is 2.32. The van der Waals surface area contributed by atoms with E-state index in [2.05, 4.69) is 5.32 Å². The number of carbonyl (C=O) groups is 2. The first-order valence-electron chi connectivity index (χ1n) is 6.33. The zero-order valence-corrected chi connectivity index (χ0v) is 11.1. The lowest BCUT2D eigenvalue weighted by molar-refractivity contribution is -0.140. The lowest BCUT2D eigenvalue weighted by atomic mass is 10.0. The highest BCUT2D eigenvalue weighted by Crippen LogP contribution is 2.23. The molecule has 1 aliphatic heterocycles. The molecule has 0 aromatic heterocycles. The van der Waals surface area contributed by atoms with Crippen LogP contribution in [0.15, 0.2) is 24.3 Å². The van der Waals surface area contributed by atoms with Crippen LogP contribution in [0, 0.1) is 6.92 Å². The van der Waals surface area contributed by atoms with Crippen LogP contribution in [0.2, 0.25) is 0 Å². The van der Waals surface area contributed by atoms with Gasteiger partial charge in [0.2, 0.25) is 5.91 Å². The normalized spacial score (nSPS) is 23.1. The van der Waals surface area contributed by atoms with E-state index < -0.39 is 12.0 Å². The number of anilines is 1. The third-order valence-corrected chi connectivity index (χ3v) is 3.24. The molecule has 2 rings (SSSR count). The maximum atomic E-state index is 12.0. The number of nitrogens with one attached hydrogen (secondary N) is 1. The van der Waals surface area contributed by atoms with Gasteiger partial charge in [-0.3, -0.25) is 9.59 Å². The number of benzene rings is 1. The van der Waals surface area contributed by atoms with E-state index in [1.807, 2.05) is 43.0 Å². The van der Waals surface area contributed by atoms with Crippen molar-refractivity contribution in [2.24, 2.45) is 0 Å². The second-order valence-corrected chi connectivity index (χ2v) is 5.01. The van der Waals surface area contributed by atoms with Crippen LogP contribution in [-0.2, 0) is 9.59 Å². The van der Waals surface area contributed by atoms with Gasteiger partial charge in [-0.25, -0.2) is 0 Å². The molecular formula is C14H18N2O3. The first kappa shape index (κ1) is 13.4. The van der Waals surface area contributed by atoms with Crippen molar-refractivity contribution in [1.82, 2.24) is 5.32 Å². The van der Waals surface area contributed by atoms with E-state index in [1.54, 1.807) is 0 Å². The van der Waals surface area contributed by atoms with Crippen molar-refractivity contribution in [3.63, 3.8) is 0 Å². The Kier molecular flexibility index (Phi) is 3.74. The minimum atomic E-state index is -0.965. The molecule has 1 amide bonds. The molecule has 1 aliphatic rings. The summed E-state index contributed by atoms with van der Waals surface area (Å²) in [6, 6.07) is 7.14. The van der Waals surface area contributed by atoms with Gasteiger partial charge in [0.15, 0.2) is 0 Å². The number of piperazine rings is 1. The van der Waals surface area contributed by atoms with E-state index >= 15 is 0 Å². The van der Waals surface area contributed by atoms with Gasteiger partial charge in [-0.15, -0.1) is 0 Å². The largest absolute Gasteiger partial charge is 0.481 e. The molecular weight excluding hydrogens is 244 g/mol. The van der Waals surface area contributed by atoms with E-state index in [-0.39, 0.29) is 18.4 Å². The number of carboxylic acids is 1. The predicted octanol–water partition coefficient (Wildman–Crippen LogP) is 1.16. The van der Waals surface area contributed by atoms with Crippen LogP contribution in [0.4, 0.5) is 5.69 Å². The zero-order chi connectivity index (χ0) is 14.0. The van der Waals surface area contributed by atoms with Crippen LogP contribution in [0.5, 0.6) is 0 Å². The number of nitrogens with zero attached hydrogens (tertiary/aromatic N) is 1. The smallest absolute Gasteiger partial charge is 0.305 e. The van der Waals surface area contributed by atoms with E-state index in [0.29, 0.717) is 6.54 Å². The third kappa shape index (κ3) is 3.05. The highest BCUT2D eigenvalue weighted by molar-refractivity contribution is 5.90. The molecule has 19 heavy (non-hydrogen) atoms. The molecule has 2 unspecified atom stereocenters. The number of rotatable bonds is 3. The molecule has 0 spiro atoms. The SMILES string of the molecule is Cc1cccc(N2CC(C)NC(=O)C2CC(=O)O)c1. The quantitative estimate of drug-likeness (QED) is 0.857. The molecule has 0 radical (unpaired) electrons. The van der Waals surface area contributed by atoms with Crippen LogP contribution in [-0.4, -0.2) is 35.6 Å². The fraction of sp³-hybridized carbons (Fsp3) is 0.429. The van der Waals surface area contributed by atoms with Crippen LogP contribution in [0.1, 0.15) is 18.9 Å². The Morgan fingerprint density at radius 2 is 2.26 bits per heavy atom. The van der Waals surface area contributed by atoms with Gasteiger partial charge < -0.3 is 15.3 Å². The zero-order valence-electron chi connectivity index (χ0n) is 11.1. The first-order valence-corrected chi connectivity index (χ1v) is 6.33. The lowest BCUT2D eigenvalue weighted by Crippen LogP contribution is -2.60. The van der Waals surface area contributed by atoms with Crippen molar-refractivity contribution in [3.8, 4) is 0 Å². The van der Waals surface area contributed by atoms with Crippen molar-refractivity contribution in [2.45, 2.75) is 32.4 Å². The first-order chi connectivity index (χ1) is 8.97. The molecule has 2 N–H and O–H groups in total. The van der Waals surface area contributed by atoms with E-state index in [0.717, 1.165) is 11.3 Å². The Morgan fingerprint density at radius 1 is 1.53 bits per heavy atom. The van der Waals surface area contributed by atoms with Crippen molar-refractivity contribution < 1.29 is 14.7 Å². The van der Waals surface area contributed by atoms with E-state index in [4.69, 9.17) is 5.11 Å². The molecule has 5 heteroatoms. The molecule has 0 saturated carbocycles. The van der Waals surface area contributed by atoms with Crippen molar-refractivity contribution in [3.05, 3.63) is 29.8 Å². The monoisotopic (exact) mass is 262 g/mol. The van der Waals surface area contributed by atoms with Crippen molar-refractivity contribution in [2.75, 3.05) is 11.4 Å². The Labute approximate surface area is 112 Å². The van der Waals surface area contributed by atoms with Gasteiger partial charge in [-0.2, -0.15) is 0 Å². The van der Waals surface area contributed by atoms with Gasteiger partial charge in [0, 0.05) is 18.3 Å². The minimum Gasteiger partial charge on any atom is -0.481 e. The Balaban J connectivity index is 2.31. The molecule has 5 nitrogen and oxygen atoms in total. The molecule has 1 heterocycles. The molecule has 102 valence electrons. The minimum absolute atomic E-state index is 0.0121. The number of carboxylic acid groups (broad SMARTS) is 1. The van der Waals surface area contributed by atoms with Gasteiger partial charge in [-0.05, 0) is 31.5 Å². The summed E-state index contributed by atoms with van der Waals surface area (Å²) in [5.41, 5.74) is 1.98. The summed E-state index contributed by atoms with van der Waals surface area (Å²) in [6.45, 7) is 4.51. The van der Waals surface area contributed by atoms with Gasteiger partial charge in [0.25, 0.3) is 0 Å². The Morgan fingerprint density at radius 3 is 2.89 bits per heavy atom. The topological polar surface area (TPSA) is 69.6 Å². The van der Waals surface area contributed by atoms with E-state index in [1.165, 1.54) is 0 Å². The number of carbonyl (C=O) groups excluding carboxylic acids is 1. The Hall–Kier alpha value is -2.04. The molecule has 0 aliphatic carbocycles. The lowest BCUT2D eigenvalue weighted by Gasteiger charge is -2.39. The van der Waals surface area contributed by atoms with Crippen LogP contribution < -0.4 is 10.2 Å². The van der Waals surface area contributed by atoms with Gasteiger partial charge >= 0.3 is 5.97 Å². The van der Waals surface area contributed by atoms with E-state index in [9.17, 15) is 9.59 Å². The summed E-state index contributed by atoms with van der Waals surface area (Å²) < 4.78 is 0. The fourth-order valence-electron chi connectivity index (χ4n) is 2.41. The maximum Gasteiger partial charge on any atom is 0.305 e. The number of aliphatic carboxylic acids is 1. The number of amides is 1. The molecule has 1 aromatic rings.